The van der Waals surface area contributed by atoms with Crippen LogP contribution in [-0.4, -0.2) is 14.5 Å². The van der Waals surface area contributed by atoms with Gasteiger partial charge < -0.3 is 5.32 Å². The van der Waals surface area contributed by atoms with Crippen LogP contribution in [0.25, 0.3) is 0 Å². The van der Waals surface area contributed by atoms with Crippen LogP contribution in [-0.2, 0) is 16.2 Å². The van der Waals surface area contributed by atoms with Crippen LogP contribution in [0.4, 0.5) is 18.9 Å². The van der Waals surface area contributed by atoms with Crippen molar-refractivity contribution >= 4 is 15.7 Å². The second-order valence-corrected chi connectivity index (χ2v) is 6.10. The fourth-order valence-electron chi connectivity index (χ4n) is 2.02. The Kier molecular flexibility index (Phi) is 3.79. The molecular formula is C12H13F3N2O2S. The Morgan fingerprint density at radius 3 is 2.30 bits per heavy atom. The Bertz CT molecular complexity index is 631. The number of alkyl halides is 3. The molecule has 1 aliphatic rings. The minimum Gasteiger partial charge on any atom is -0.381 e. The van der Waals surface area contributed by atoms with E-state index in [-0.39, 0.29) is 11.7 Å². The van der Waals surface area contributed by atoms with Crippen molar-refractivity contribution in [3.05, 3.63) is 35.9 Å². The van der Waals surface area contributed by atoms with Gasteiger partial charge in [0.1, 0.15) is 0 Å². The number of hydrogen-bond donors (Lipinski definition) is 2. The van der Waals surface area contributed by atoms with Gasteiger partial charge in [0.15, 0.2) is 0 Å². The van der Waals surface area contributed by atoms with Gasteiger partial charge in [0.05, 0.1) is 10.5 Å². The first-order valence-corrected chi connectivity index (χ1v) is 7.38. The normalized spacial score (nSPS) is 16.6. The van der Waals surface area contributed by atoms with Crippen LogP contribution < -0.4 is 10.5 Å². The predicted octanol–water partition coefficient (Wildman–Crippen LogP) is 2.48. The van der Waals surface area contributed by atoms with Crippen molar-refractivity contribution in [3.8, 4) is 0 Å². The zero-order valence-electron chi connectivity index (χ0n) is 10.3. The van der Waals surface area contributed by atoms with Gasteiger partial charge in [0, 0.05) is 11.7 Å². The van der Waals surface area contributed by atoms with Gasteiger partial charge in [-0.05, 0) is 31.0 Å². The molecule has 0 radical (unpaired) electrons. The Hall–Kier alpha value is -1.54. The lowest BCUT2D eigenvalue weighted by molar-refractivity contribution is -0.137. The highest BCUT2D eigenvalue weighted by Gasteiger charge is 2.35. The third-order valence-corrected chi connectivity index (χ3v) is 3.90. The van der Waals surface area contributed by atoms with E-state index in [0.29, 0.717) is 18.9 Å². The van der Waals surface area contributed by atoms with Crippen molar-refractivity contribution in [3.63, 3.8) is 0 Å². The summed E-state index contributed by atoms with van der Waals surface area (Å²) in [5.41, 5.74) is -1.17. The van der Waals surface area contributed by atoms with Crippen LogP contribution in [0.1, 0.15) is 18.4 Å². The van der Waals surface area contributed by atoms with Gasteiger partial charge in [-0.15, -0.1) is 0 Å². The second-order valence-electron chi connectivity index (χ2n) is 4.53. The van der Waals surface area contributed by atoms with Gasteiger partial charge in [-0.2, -0.15) is 13.2 Å². The standard InChI is InChI=1S/C12H13F3N2O2S/c13-12(14,15)10-7-9(20(16,18)19)5-6-11(10)17-8-3-1-2-4-8/h1-2,5-8,17H,3-4H2,(H2,16,18,19). The highest BCUT2D eigenvalue weighted by atomic mass is 32.2. The molecule has 0 fully saturated rings. The molecule has 1 aromatic carbocycles. The molecule has 1 aliphatic carbocycles. The topological polar surface area (TPSA) is 72.2 Å². The number of nitrogens with two attached hydrogens (primary N) is 1. The molecule has 0 bridgehead atoms. The summed E-state index contributed by atoms with van der Waals surface area (Å²) >= 11 is 0. The lowest BCUT2D eigenvalue weighted by Gasteiger charge is -2.19. The fourth-order valence-corrected chi connectivity index (χ4v) is 2.56. The molecule has 0 saturated carbocycles. The molecule has 2 rings (SSSR count). The number of primary sulfonamides is 1. The molecule has 0 atom stereocenters. The number of benzene rings is 1. The Morgan fingerprint density at radius 2 is 1.80 bits per heavy atom. The third kappa shape index (κ3) is 3.31. The summed E-state index contributed by atoms with van der Waals surface area (Å²) in [6, 6.07) is 2.60. The maximum absolute atomic E-state index is 13.0. The molecule has 20 heavy (non-hydrogen) atoms. The fraction of sp³-hybridized carbons (Fsp3) is 0.333. The SMILES string of the molecule is NS(=O)(=O)c1ccc(NC2CC=CC2)c(C(F)(F)F)c1. The molecule has 8 heteroatoms. The number of rotatable bonds is 3. The first-order chi connectivity index (χ1) is 9.18. The van der Waals surface area contributed by atoms with Crippen molar-refractivity contribution < 1.29 is 21.6 Å². The average molecular weight is 306 g/mol. The summed E-state index contributed by atoms with van der Waals surface area (Å²) < 4.78 is 61.3. The van der Waals surface area contributed by atoms with Crippen molar-refractivity contribution in [1.29, 1.82) is 0 Å². The number of nitrogens with one attached hydrogen (secondary N) is 1. The molecule has 0 unspecified atom stereocenters. The zero-order valence-corrected chi connectivity index (χ0v) is 11.1. The van der Waals surface area contributed by atoms with E-state index in [0.717, 1.165) is 12.1 Å². The quantitative estimate of drug-likeness (QED) is 0.843. The lowest BCUT2D eigenvalue weighted by atomic mass is 10.1. The van der Waals surface area contributed by atoms with E-state index in [1.165, 1.54) is 0 Å². The highest BCUT2D eigenvalue weighted by Crippen LogP contribution is 2.37. The summed E-state index contributed by atoms with van der Waals surface area (Å²) in [5, 5.41) is 7.63. The summed E-state index contributed by atoms with van der Waals surface area (Å²) in [5.74, 6) is 0. The number of anilines is 1. The molecule has 0 amide bonds. The monoisotopic (exact) mass is 306 g/mol. The molecular weight excluding hydrogens is 293 g/mol. The maximum atomic E-state index is 13.0. The first-order valence-electron chi connectivity index (χ1n) is 5.83. The van der Waals surface area contributed by atoms with E-state index >= 15 is 0 Å². The van der Waals surface area contributed by atoms with Crippen LogP contribution >= 0.6 is 0 Å². The molecule has 1 aromatic rings. The number of halogens is 3. The van der Waals surface area contributed by atoms with Crippen LogP contribution in [0.3, 0.4) is 0 Å². The smallest absolute Gasteiger partial charge is 0.381 e. The van der Waals surface area contributed by atoms with E-state index in [2.05, 4.69) is 5.32 Å². The number of sulfonamides is 1. The van der Waals surface area contributed by atoms with Crippen LogP contribution in [0, 0.1) is 0 Å². The largest absolute Gasteiger partial charge is 0.418 e. The van der Waals surface area contributed by atoms with E-state index in [4.69, 9.17) is 5.14 Å². The summed E-state index contributed by atoms with van der Waals surface area (Å²) in [6.07, 6.45) is 0.366. The van der Waals surface area contributed by atoms with Gasteiger partial charge in [0.25, 0.3) is 0 Å². The summed E-state index contributed by atoms with van der Waals surface area (Å²) in [4.78, 5) is -0.556. The van der Waals surface area contributed by atoms with Crippen molar-refractivity contribution in [2.75, 3.05) is 5.32 Å². The van der Waals surface area contributed by atoms with Crippen molar-refractivity contribution in [2.45, 2.75) is 30.0 Å². The molecule has 110 valence electrons. The third-order valence-electron chi connectivity index (χ3n) is 2.99. The Balaban J connectivity index is 2.40. The van der Waals surface area contributed by atoms with E-state index in [9.17, 15) is 21.6 Å². The van der Waals surface area contributed by atoms with Crippen molar-refractivity contribution in [2.24, 2.45) is 5.14 Å². The highest BCUT2D eigenvalue weighted by molar-refractivity contribution is 7.89. The van der Waals surface area contributed by atoms with E-state index in [1.807, 2.05) is 12.2 Å². The summed E-state index contributed by atoms with van der Waals surface area (Å²) in [6.45, 7) is 0. The number of hydrogen-bond acceptors (Lipinski definition) is 3. The zero-order chi connectivity index (χ0) is 15.0. The maximum Gasteiger partial charge on any atom is 0.418 e. The lowest BCUT2D eigenvalue weighted by Crippen LogP contribution is -2.20. The Morgan fingerprint density at radius 1 is 1.20 bits per heavy atom. The van der Waals surface area contributed by atoms with Crippen LogP contribution in [0.15, 0.2) is 35.2 Å². The van der Waals surface area contributed by atoms with Gasteiger partial charge in [-0.25, -0.2) is 13.6 Å². The van der Waals surface area contributed by atoms with Gasteiger partial charge >= 0.3 is 6.18 Å². The van der Waals surface area contributed by atoms with Crippen molar-refractivity contribution in [1.82, 2.24) is 0 Å². The van der Waals surface area contributed by atoms with Gasteiger partial charge in [0.2, 0.25) is 10.0 Å². The predicted molar refractivity (Wildman–Crippen MR) is 68.6 cm³/mol. The van der Waals surface area contributed by atoms with E-state index < -0.39 is 26.7 Å². The first kappa shape index (κ1) is 14.9. The minimum absolute atomic E-state index is 0.114. The molecule has 0 saturated heterocycles. The Labute approximate surface area is 114 Å². The molecule has 0 spiro atoms. The molecule has 0 heterocycles. The van der Waals surface area contributed by atoms with Crippen LogP contribution in [0.5, 0.6) is 0 Å². The van der Waals surface area contributed by atoms with Gasteiger partial charge in [-0.3, -0.25) is 0 Å². The average Bonchev–Trinajstić information content (AvgIpc) is 2.79. The summed E-state index contributed by atoms with van der Waals surface area (Å²) in [7, 11) is -4.17. The molecule has 3 N–H and O–H groups in total. The van der Waals surface area contributed by atoms with Crippen LogP contribution in [0.2, 0.25) is 0 Å². The second kappa shape index (κ2) is 5.10. The van der Waals surface area contributed by atoms with E-state index in [1.54, 1.807) is 0 Å². The molecule has 4 nitrogen and oxygen atoms in total. The van der Waals surface area contributed by atoms with Gasteiger partial charge in [-0.1, -0.05) is 12.2 Å². The molecule has 0 aromatic heterocycles. The molecule has 0 aliphatic heterocycles. The minimum atomic E-state index is -4.66.